The number of H-pyrrole nitrogens is 1. The van der Waals surface area contributed by atoms with Crippen LogP contribution in [0.4, 0.5) is 5.82 Å². The van der Waals surface area contributed by atoms with E-state index < -0.39 is 0 Å². The molecule has 5 nitrogen and oxygen atoms in total. The van der Waals surface area contributed by atoms with Crippen molar-refractivity contribution in [3.8, 4) is 0 Å². The fourth-order valence-corrected chi connectivity index (χ4v) is 5.89. The zero-order chi connectivity index (χ0) is 24.2. The lowest BCUT2D eigenvalue weighted by molar-refractivity contribution is 0.162. The SMILES string of the molecule is CN(c1ncnc2[nH]ccc12)C1CCC(C(C)(C)C)CC1.CNC1CCC(C(C)(C)C)CC1. The van der Waals surface area contributed by atoms with Crippen molar-refractivity contribution in [2.75, 3.05) is 19.0 Å². The van der Waals surface area contributed by atoms with E-state index in [0.717, 1.165) is 34.7 Å². The molecule has 33 heavy (non-hydrogen) atoms. The van der Waals surface area contributed by atoms with Crippen LogP contribution in [0, 0.1) is 22.7 Å². The second kappa shape index (κ2) is 10.8. The van der Waals surface area contributed by atoms with Crippen LogP contribution in [0.15, 0.2) is 18.6 Å². The summed E-state index contributed by atoms with van der Waals surface area (Å²) in [5, 5.41) is 4.50. The fourth-order valence-electron chi connectivity index (χ4n) is 5.89. The van der Waals surface area contributed by atoms with Gasteiger partial charge >= 0.3 is 0 Å². The summed E-state index contributed by atoms with van der Waals surface area (Å²) in [6.45, 7) is 14.2. The minimum atomic E-state index is 0.437. The van der Waals surface area contributed by atoms with Crippen LogP contribution in [0.2, 0.25) is 0 Å². The van der Waals surface area contributed by atoms with Crippen molar-refractivity contribution in [1.82, 2.24) is 20.3 Å². The summed E-state index contributed by atoms with van der Waals surface area (Å²) in [5.41, 5.74) is 1.89. The number of nitrogens with one attached hydrogen (secondary N) is 2. The number of aromatic amines is 1. The van der Waals surface area contributed by atoms with Gasteiger partial charge in [0.15, 0.2) is 0 Å². The molecule has 2 aliphatic rings. The first kappa shape index (κ1) is 26.0. The summed E-state index contributed by atoms with van der Waals surface area (Å²) in [7, 11) is 4.26. The van der Waals surface area contributed by atoms with Crippen LogP contribution < -0.4 is 10.2 Å². The molecule has 4 rings (SSSR count). The molecule has 0 atom stereocenters. The van der Waals surface area contributed by atoms with Gasteiger partial charge in [-0.1, -0.05) is 41.5 Å². The summed E-state index contributed by atoms with van der Waals surface area (Å²) in [4.78, 5) is 14.3. The molecule has 0 amide bonds. The van der Waals surface area contributed by atoms with Crippen molar-refractivity contribution in [1.29, 1.82) is 0 Å². The van der Waals surface area contributed by atoms with Gasteiger partial charge in [-0.2, -0.15) is 0 Å². The van der Waals surface area contributed by atoms with Crippen molar-refractivity contribution < 1.29 is 0 Å². The largest absolute Gasteiger partial charge is 0.356 e. The van der Waals surface area contributed by atoms with Gasteiger partial charge < -0.3 is 15.2 Å². The van der Waals surface area contributed by atoms with Crippen LogP contribution in [-0.4, -0.2) is 41.1 Å². The Labute approximate surface area is 202 Å². The van der Waals surface area contributed by atoms with E-state index in [1.807, 2.05) is 6.20 Å². The van der Waals surface area contributed by atoms with Crippen molar-refractivity contribution in [2.24, 2.45) is 22.7 Å². The van der Waals surface area contributed by atoms with E-state index in [2.05, 4.69) is 86.9 Å². The average Bonchev–Trinajstić information content (AvgIpc) is 3.27. The van der Waals surface area contributed by atoms with Crippen LogP contribution in [0.1, 0.15) is 92.9 Å². The normalized spacial score (nSPS) is 26.5. The molecule has 2 N–H and O–H groups in total. The van der Waals surface area contributed by atoms with Gasteiger partial charge in [-0.15, -0.1) is 0 Å². The van der Waals surface area contributed by atoms with Gasteiger partial charge in [0.25, 0.3) is 0 Å². The minimum Gasteiger partial charge on any atom is -0.356 e. The Morgan fingerprint density at radius 3 is 1.91 bits per heavy atom. The molecular formula is C28H49N5. The van der Waals surface area contributed by atoms with Crippen molar-refractivity contribution in [3.05, 3.63) is 18.6 Å². The monoisotopic (exact) mass is 455 g/mol. The van der Waals surface area contributed by atoms with E-state index in [-0.39, 0.29) is 0 Å². The lowest BCUT2D eigenvalue weighted by Gasteiger charge is -2.40. The zero-order valence-corrected chi connectivity index (χ0v) is 22.5. The molecule has 0 spiro atoms. The molecule has 0 aromatic carbocycles. The maximum Gasteiger partial charge on any atom is 0.142 e. The molecule has 2 saturated carbocycles. The number of hydrogen-bond acceptors (Lipinski definition) is 4. The third kappa shape index (κ3) is 6.71. The Bertz CT molecular complexity index is 843. The molecule has 2 aromatic rings. The van der Waals surface area contributed by atoms with Crippen LogP contribution in [0.3, 0.4) is 0 Å². The maximum atomic E-state index is 4.52. The summed E-state index contributed by atoms with van der Waals surface area (Å²) in [6.07, 6.45) is 14.3. The van der Waals surface area contributed by atoms with Gasteiger partial charge in [-0.3, -0.25) is 0 Å². The van der Waals surface area contributed by atoms with E-state index in [1.165, 1.54) is 51.4 Å². The number of nitrogens with zero attached hydrogens (tertiary/aromatic N) is 3. The summed E-state index contributed by atoms with van der Waals surface area (Å²) >= 11 is 0. The number of aromatic nitrogens is 3. The lowest BCUT2D eigenvalue weighted by atomic mass is 9.71. The van der Waals surface area contributed by atoms with Gasteiger partial charge in [0.2, 0.25) is 0 Å². The average molecular weight is 456 g/mol. The predicted octanol–water partition coefficient (Wildman–Crippen LogP) is 6.81. The highest BCUT2D eigenvalue weighted by atomic mass is 15.2. The highest BCUT2D eigenvalue weighted by Gasteiger charge is 2.32. The molecule has 2 aromatic heterocycles. The second-order valence-corrected chi connectivity index (χ2v) is 12.6. The highest BCUT2D eigenvalue weighted by molar-refractivity contribution is 5.87. The Morgan fingerprint density at radius 2 is 1.39 bits per heavy atom. The maximum absolute atomic E-state index is 4.52. The number of rotatable bonds is 3. The second-order valence-electron chi connectivity index (χ2n) is 12.6. The summed E-state index contributed by atoms with van der Waals surface area (Å²) < 4.78 is 0. The first-order valence-electron chi connectivity index (χ1n) is 13.2. The Balaban J connectivity index is 0.000000218. The van der Waals surface area contributed by atoms with Gasteiger partial charge in [0, 0.05) is 25.3 Å². The predicted molar refractivity (Wildman–Crippen MR) is 142 cm³/mol. The molecule has 0 saturated heterocycles. The van der Waals surface area contributed by atoms with Gasteiger partial charge in [-0.25, -0.2) is 9.97 Å². The van der Waals surface area contributed by atoms with Crippen LogP contribution >= 0.6 is 0 Å². The molecule has 0 aliphatic heterocycles. The highest BCUT2D eigenvalue weighted by Crippen LogP contribution is 2.40. The third-order valence-electron chi connectivity index (χ3n) is 8.50. The quantitative estimate of drug-likeness (QED) is 0.534. The topological polar surface area (TPSA) is 56.8 Å². The Morgan fingerprint density at radius 1 is 0.848 bits per heavy atom. The van der Waals surface area contributed by atoms with E-state index >= 15 is 0 Å². The van der Waals surface area contributed by atoms with Crippen LogP contribution in [-0.2, 0) is 0 Å². The number of anilines is 1. The van der Waals surface area contributed by atoms with Crippen LogP contribution in [0.25, 0.3) is 11.0 Å². The molecule has 0 bridgehead atoms. The smallest absolute Gasteiger partial charge is 0.142 e. The van der Waals surface area contributed by atoms with Gasteiger partial charge in [-0.05, 0) is 87.1 Å². The molecule has 186 valence electrons. The molecule has 0 unspecified atom stereocenters. The van der Waals surface area contributed by atoms with E-state index in [9.17, 15) is 0 Å². The minimum absolute atomic E-state index is 0.437. The molecule has 2 aliphatic carbocycles. The fraction of sp³-hybridized carbons (Fsp3) is 0.786. The first-order chi connectivity index (χ1) is 15.5. The van der Waals surface area contributed by atoms with Crippen molar-refractivity contribution in [2.45, 2.75) is 105 Å². The van der Waals surface area contributed by atoms with E-state index in [0.29, 0.717) is 16.9 Å². The summed E-state index contributed by atoms with van der Waals surface area (Å²) in [6, 6.07) is 3.46. The summed E-state index contributed by atoms with van der Waals surface area (Å²) in [5.74, 6) is 2.85. The van der Waals surface area contributed by atoms with Crippen molar-refractivity contribution >= 4 is 16.9 Å². The molecule has 2 heterocycles. The van der Waals surface area contributed by atoms with Gasteiger partial charge in [0.05, 0.1) is 5.39 Å². The molecule has 2 fully saturated rings. The van der Waals surface area contributed by atoms with Crippen molar-refractivity contribution in [3.63, 3.8) is 0 Å². The van der Waals surface area contributed by atoms with Gasteiger partial charge in [0.1, 0.15) is 17.8 Å². The molecular weight excluding hydrogens is 406 g/mol. The molecule has 5 heteroatoms. The van der Waals surface area contributed by atoms with E-state index in [1.54, 1.807) is 6.33 Å². The first-order valence-corrected chi connectivity index (χ1v) is 13.2. The Kier molecular flexibility index (Phi) is 8.47. The third-order valence-corrected chi connectivity index (χ3v) is 8.50. The van der Waals surface area contributed by atoms with Crippen LogP contribution in [0.5, 0.6) is 0 Å². The number of hydrogen-bond donors (Lipinski definition) is 2. The lowest BCUT2D eigenvalue weighted by Crippen LogP contribution is -2.38. The number of fused-ring (bicyclic) bond motifs is 1. The van der Waals surface area contributed by atoms with E-state index in [4.69, 9.17) is 0 Å². The Hall–Kier alpha value is -1.62. The zero-order valence-electron chi connectivity index (χ0n) is 22.5. The molecule has 0 radical (unpaired) electrons. The standard InChI is InChI=1S/C17H26N4.C11H23N/c1-17(2,3)12-5-7-13(8-6-12)21(4)16-14-9-10-18-15(14)19-11-20-16;1-11(2,3)9-5-7-10(12-4)8-6-9/h9-13H,5-8H2,1-4H3,(H,18,19,20);9-10,12H,5-8H2,1-4H3.